The molecule has 1 aliphatic heterocycles. The van der Waals surface area contributed by atoms with E-state index in [0.717, 1.165) is 11.9 Å². The molecule has 1 fully saturated rings. The van der Waals surface area contributed by atoms with Crippen molar-refractivity contribution in [3.05, 3.63) is 47.6 Å². The summed E-state index contributed by atoms with van der Waals surface area (Å²) in [6, 6.07) is 0. The number of allylic oxidation sites excluding steroid dienone is 2. The Morgan fingerprint density at radius 2 is 2.22 bits per heavy atom. The minimum absolute atomic E-state index is 0.154. The van der Waals surface area contributed by atoms with Crippen molar-refractivity contribution in [1.82, 2.24) is 0 Å². The van der Waals surface area contributed by atoms with Crippen molar-refractivity contribution in [2.45, 2.75) is 44.5 Å². The van der Waals surface area contributed by atoms with Gasteiger partial charge in [-0.1, -0.05) is 24.8 Å². The molecule has 0 unspecified atom stereocenters. The first-order valence-corrected chi connectivity index (χ1v) is 8.68. The van der Waals surface area contributed by atoms with Crippen molar-refractivity contribution in [3.63, 3.8) is 0 Å². The minimum Gasteiger partial charge on any atom is -0.458 e. The molecule has 7 heteroatoms. The molecular formula is C20H24O7. The van der Waals surface area contributed by atoms with E-state index in [1.54, 1.807) is 6.08 Å². The lowest BCUT2D eigenvalue weighted by Gasteiger charge is -2.27. The molecule has 146 valence electrons. The number of aldehydes is 1. The van der Waals surface area contributed by atoms with E-state index in [2.05, 4.69) is 13.2 Å². The van der Waals surface area contributed by atoms with Crippen molar-refractivity contribution in [1.29, 1.82) is 0 Å². The Morgan fingerprint density at radius 3 is 2.85 bits per heavy atom. The Hall–Kier alpha value is -2.51. The standard InChI is InChI=1S/C20H24O7/c1-11-5-4-6-14(9-21)8-17-18(13(3)20(25)27-17)16(7-11)26-19(24)12(2)15(23)10-22/h5,8-9,15-18,22-23H,2-4,6-7,10H2,1H3/b11-5-,14-8+/t15-,16-,17+,18+/m0/s1. The van der Waals surface area contributed by atoms with Crippen LogP contribution in [-0.4, -0.2) is 53.4 Å². The number of aliphatic hydroxyl groups is 2. The van der Waals surface area contributed by atoms with E-state index in [1.165, 1.54) is 0 Å². The molecule has 1 aliphatic carbocycles. The fraction of sp³-hybridized carbons (Fsp3) is 0.450. The minimum atomic E-state index is -1.43. The van der Waals surface area contributed by atoms with Gasteiger partial charge in [0.25, 0.3) is 0 Å². The second-order valence-corrected chi connectivity index (χ2v) is 6.74. The molecule has 0 aromatic heterocycles. The molecule has 7 nitrogen and oxygen atoms in total. The molecule has 2 N–H and O–H groups in total. The van der Waals surface area contributed by atoms with E-state index < -0.39 is 42.8 Å². The topological polar surface area (TPSA) is 110 Å². The molecule has 1 heterocycles. The van der Waals surface area contributed by atoms with Crippen molar-refractivity contribution < 1.29 is 34.1 Å². The van der Waals surface area contributed by atoms with Gasteiger partial charge in [0.1, 0.15) is 24.6 Å². The van der Waals surface area contributed by atoms with Crippen molar-refractivity contribution in [3.8, 4) is 0 Å². The maximum atomic E-state index is 12.3. The third-order valence-electron chi connectivity index (χ3n) is 4.74. The van der Waals surface area contributed by atoms with Gasteiger partial charge in [-0.25, -0.2) is 9.59 Å². The smallest absolute Gasteiger partial charge is 0.336 e. The molecule has 0 aromatic carbocycles. The van der Waals surface area contributed by atoms with Crippen LogP contribution in [0.2, 0.25) is 0 Å². The third-order valence-corrected chi connectivity index (χ3v) is 4.74. The van der Waals surface area contributed by atoms with Crippen LogP contribution in [-0.2, 0) is 23.9 Å². The number of esters is 2. The zero-order chi connectivity index (χ0) is 20.1. The van der Waals surface area contributed by atoms with Crippen LogP contribution in [0.5, 0.6) is 0 Å². The van der Waals surface area contributed by atoms with Gasteiger partial charge >= 0.3 is 11.9 Å². The summed E-state index contributed by atoms with van der Waals surface area (Å²) in [6.07, 6.45) is 2.68. The molecule has 0 radical (unpaired) electrons. The molecule has 0 amide bonds. The summed E-state index contributed by atoms with van der Waals surface area (Å²) < 4.78 is 10.8. The van der Waals surface area contributed by atoms with Crippen LogP contribution in [0.3, 0.4) is 0 Å². The quantitative estimate of drug-likeness (QED) is 0.321. The van der Waals surface area contributed by atoms with E-state index in [4.69, 9.17) is 14.6 Å². The average Bonchev–Trinajstić information content (AvgIpc) is 2.92. The van der Waals surface area contributed by atoms with Gasteiger partial charge in [0.2, 0.25) is 0 Å². The Labute approximate surface area is 157 Å². The Bertz CT molecular complexity index is 716. The van der Waals surface area contributed by atoms with Crippen LogP contribution in [0.4, 0.5) is 0 Å². The predicted molar refractivity (Wildman–Crippen MR) is 96.4 cm³/mol. The number of aliphatic hydroxyl groups excluding tert-OH is 2. The first-order chi connectivity index (χ1) is 12.8. The lowest BCUT2D eigenvalue weighted by Crippen LogP contribution is -2.35. The van der Waals surface area contributed by atoms with Gasteiger partial charge in [-0.15, -0.1) is 0 Å². The predicted octanol–water partition coefficient (Wildman–Crippen LogP) is 1.16. The molecule has 2 aliphatic rings. The number of rotatable bonds is 5. The van der Waals surface area contributed by atoms with E-state index >= 15 is 0 Å². The molecule has 0 aromatic rings. The van der Waals surface area contributed by atoms with Gasteiger partial charge in [-0.3, -0.25) is 4.79 Å². The van der Waals surface area contributed by atoms with Crippen LogP contribution < -0.4 is 0 Å². The highest BCUT2D eigenvalue weighted by Gasteiger charge is 2.44. The lowest BCUT2D eigenvalue weighted by molar-refractivity contribution is -0.148. The number of carbonyl (C=O) groups excluding carboxylic acids is 3. The van der Waals surface area contributed by atoms with Gasteiger partial charge in [-0.2, -0.15) is 0 Å². The number of hydrogen-bond acceptors (Lipinski definition) is 7. The second-order valence-electron chi connectivity index (χ2n) is 6.74. The van der Waals surface area contributed by atoms with Gasteiger partial charge in [0, 0.05) is 12.0 Å². The molecule has 2 rings (SSSR count). The van der Waals surface area contributed by atoms with Crippen molar-refractivity contribution >= 4 is 18.2 Å². The third kappa shape index (κ3) is 4.81. The first kappa shape index (κ1) is 20.8. The fourth-order valence-electron chi connectivity index (χ4n) is 3.16. The first-order valence-electron chi connectivity index (χ1n) is 8.68. The summed E-state index contributed by atoms with van der Waals surface area (Å²) in [7, 11) is 0. The van der Waals surface area contributed by atoms with Gasteiger partial charge in [0.15, 0.2) is 0 Å². The highest BCUT2D eigenvalue weighted by Crippen LogP contribution is 2.36. The molecule has 0 saturated carbocycles. The van der Waals surface area contributed by atoms with E-state index in [0.29, 0.717) is 24.8 Å². The van der Waals surface area contributed by atoms with Crippen LogP contribution in [0.15, 0.2) is 47.6 Å². The number of carbonyl (C=O) groups is 3. The van der Waals surface area contributed by atoms with Gasteiger partial charge in [0.05, 0.1) is 18.1 Å². The largest absolute Gasteiger partial charge is 0.458 e. The Balaban J connectivity index is 2.37. The average molecular weight is 376 g/mol. The van der Waals surface area contributed by atoms with Crippen LogP contribution in [0, 0.1) is 5.92 Å². The summed E-state index contributed by atoms with van der Waals surface area (Å²) >= 11 is 0. The highest BCUT2D eigenvalue weighted by molar-refractivity contribution is 5.92. The highest BCUT2D eigenvalue weighted by atomic mass is 16.6. The van der Waals surface area contributed by atoms with Crippen molar-refractivity contribution in [2.75, 3.05) is 6.61 Å². The Morgan fingerprint density at radius 1 is 1.52 bits per heavy atom. The molecule has 1 saturated heterocycles. The summed E-state index contributed by atoms with van der Waals surface area (Å²) in [6.45, 7) is 8.41. The fourth-order valence-corrected chi connectivity index (χ4v) is 3.16. The van der Waals surface area contributed by atoms with Crippen LogP contribution in [0.25, 0.3) is 0 Å². The molecule has 0 bridgehead atoms. The van der Waals surface area contributed by atoms with Crippen LogP contribution in [0.1, 0.15) is 26.2 Å². The summed E-state index contributed by atoms with van der Waals surface area (Å²) in [5, 5.41) is 18.6. The van der Waals surface area contributed by atoms with E-state index in [9.17, 15) is 19.5 Å². The monoisotopic (exact) mass is 376 g/mol. The van der Waals surface area contributed by atoms with Gasteiger partial charge in [-0.05, 0) is 31.4 Å². The normalized spacial score (nSPS) is 30.7. The second kappa shape index (κ2) is 8.92. The zero-order valence-corrected chi connectivity index (χ0v) is 15.2. The molecule has 4 atom stereocenters. The number of hydrogen-bond donors (Lipinski definition) is 2. The lowest BCUT2D eigenvalue weighted by atomic mass is 9.85. The van der Waals surface area contributed by atoms with Gasteiger partial charge < -0.3 is 19.7 Å². The van der Waals surface area contributed by atoms with E-state index in [1.807, 2.05) is 13.0 Å². The summed E-state index contributed by atoms with van der Waals surface area (Å²) in [5.74, 6) is -2.16. The molecule has 27 heavy (non-hydrogen) atoms. The van der Waals surface area contributed by atoms with E-state index in [-0.39, 0.29) is 11.1 Å². The zero-order valence-electron chi connectivity index (χ0n) is 15.2. The maximum absolute atomic E-state index is 12.3. The summed E-state index contributed by atoms with van der Waals surface area (Å²) in [5.41, 5.74) is 1.27. The molecular weight excluding hydrogens is 352 g/mol. The number of fused-ring (bicyclic) bond motifs is 1. The summed E-state index contributed by atoms with van der Waals surface area (Å²) in [4.78, 5) is 35.7. The number of ether oxygens (including phenoxy) is 2. The molecule has 0 spiro atoms. The van der Waals surface area contributed by atoms with Crippen LogP contribution >= 0.6 is 0 Å². The van der Waals surface area contributed by atoms with Crippen molar-refractivity contribution in [2.24, 2.45) is 5.92 Å². The maximum Gasteiger partial charge on any atom is 0.336 e. The SMILES string of the molecule is C=C1C(=O)O[C@@H]2/C=C(/C=O)CC/C=C(/C)C[C@H](OC(=O)C(=C)[C@@H](O)CO)[C@@H]12. The Kier molecular flexibility index (Phi) is 6.87.